The summed E-state index contributed by atoms with van der Waals surface area (Å²) in [7, 11) is -4.68. The molecule has 18 heavy (non-hydrogen) atoms. The van der Waals surface area contributed by atoms with Crippen molar-refractivity contribution in [3.05, 3.63) is 35.9 Å². The Morgan fingerprint density at radius 2 is 1.72 bits per heavy atom. The average molecular weight is 281 g/mol. The van der Waals surface area contributed by atoms with Crippen molar-refractivity contribution in [2.45, 2.75) is 12.6 Å². The van der Waals surface area contributed by atoms with Gasteiger partial charge in [0.05, 0.1) is 6.42 Å². The largest absolute Gasteiger partial charge is 0.404 e. The van der Waals surface area contributed by atoms with Crippen LogP contribution in [0.4, 0.5) is 13.2 Å². The van der Waals surface area contributed by atoms with Crippen molar-refractivity contribution < 1.29 is 26.4 Å². The van der Waals surface area contributed by atoms with Gasteiger partial charge in [-0.25, -0.2) is 8.42 Å². The standard InChI is InChI=1S/C10H10F3NO3S/c11-10(12,13)7-18(16,17)14-9(15)6-8-4-2-1-3-5-8/h1-5H,6-7H2,(H,14,15). The molecule has 0 fully saturated rings. The topological polar surface area (TPSA) is 63.2 Å². The molecule has 8 heteroatoms. The Bertz CT molecular complexity index is 511. The van der Waals surface area contributed by atoms with Gasteiger partial charge in [-0.1, -0.05) is 30.3 Å². The third kappa shape index (κ3) is 5.67. The van der Waals surface area contributed by atoms with Crippen LogP contribution in [0.5, 0.6) is 0 Å². The number of halogens is 3. The van der Waals surface area contributed by atoms with Crippen LogP contribution in [0.2, 0.25) is 0 Å². The van der Waals surface area contributed by atoms with Gasteiger partial charge in [-0.15, -0.1) is 0 Å². The average Bonchev–Trinajstić information content (AvgIpc) is 2.13. The lowest BCUT2D eigenvalue weighted by Gasteiger charge is -2.09. The van der Waals surface area contributed by atoms with Crippen LogP contribution in [0.25, 0.3) is 0 Å². The number of carbonyl (C=O) groups is 1. The Balaban J connectivity index is 2.60. The maximum Gasteiger partial charge on any atom is 0.404 e. The highest BCUT2D eigenvalue weighted by Gasteiger charge is 2.35. The van der Waals surface area contributed by atoms with Gasteiger partial charge < -0.3 is 0 Å². The van der Waals surface area contributed by atoms with E-state index < -0.39 is 27.9 Å². The molecule has 0 saturated carbocycles. The molecule has 0 spiro atoms. The normalized spacial score (nSPS) is 12.2. The van der Waals surface area contributed by atoms with Crippen LogP contribution >= 0.6 is 0 Å². The predicted octanol–water partition coefficient (Wildman–Crippen LogP) is 1.24. The molecule has 0 aliphatic heterocycles. The molecule has 0 heterocycles. The summed E-state index contributed by atoms with van der Waals surface area (Å²) in [4.78, 5) is 11.3. The van der Waals surface area contributed by atoms with Gasteiger partial charge in [-0.3, -0.25) is 9.52 Å². The fourth-order valence-corrected chi connectivity index (χ4v) is 2.16. The summed E-state index contributed by atoms with van der Waals surface area (Å²) in [6.07, 6.45) is -5.17. The van der Waals surface area contributed by atoms with Crippen LogP contribution in [0.3, 0.4) is 0 Å². The molecule has 1 amide bonds. The number of alkyl halides is 3. The Labute approximate surface area is 102 Å². The van der Waals surface area contributed by atoms with Gasteiger partial charge in [-0.05, 0) is 5.56 Å². The lowest BCUT2D eigenvalue weighted by Crippen LogP contribution is -2.38. The van der Waals surface area contributed by atoms with E-state index >= 15 is 0 Å². The highest BCUT2D eigenvalue weighted by molar-refractivity contribution is 7.90. The smallest absolute Gasteiger partial charge is 0.274 e. The Morgan fingerprint density at radius 3 is 2.22 bits per heavy atom. The van der Waals surface area contributed by atoms with E-state index in [2.05, 4.69) is 0 Å². The molecule has 0 aliphatic rings. The van der Waals surface area contributed by atoms with Crippen molar-refractivity contribution >= 4 is 15.9 Å². The van der Waals surface area contributed by atoms with Gasteiger partial charge >= 0.3 is 6.18 Å². The van der Waals surface area contributed by atoms with Crippen LogP contribution in [0, 0.1) is 0 Å². The summed E-state index contributed by atoms with van der Waals surface area (Å²) >= 11 is 0. The second kappa shape index (κ2) is 5.38. The molecule has 100 valence electrons. The zero-order valence-electron chi connectivity index (χ0n) is 9.07. The quantitative estimate of drug-likeness (QED) is 0.903. The van der Waals surface area contributed by atoms with E-state index in [4.69, 9.17) is 0 Å². The number of carbonyl (C=O) groups excluding carboxylic acids is 1. The maximum absolute atomic E-state index is 11.9. The van der Waals surface area contributed by atoms with Crippen molar-refractivity contribution in [2.24, 2.45) is 0 Å². The van der Waals surface area contributed by atoms with Crippen LogP contribution in [-0.4, -0.2) is 26.3 Å². The minimum absolute atomic E-state index is 0.294. The van der Waals surface area contributed by atoms with Gasteiger partial charge in [0, 0.05) is 0 Å². The lowest BCUT2D eigenvalue weighted by molar-refractivity contribution is -0.118. The van der Waals surface area contributed by atoms with E-state index in [1.807, 2.05) is 0 Å². The molecule has 0 aromatic heterocycles. The van der Waals surface area contributed by atoms with Crippen LogP contribution < -0.4 is 4.72 Å². The molecule has 0 saturated heterocycles. The first-order valence-corrected chi connectivity index (χ1v) is 6.47. The van der Waals surface area contributed by atoms with Crippen molar-refractivity contribution in [2.75, 3.05) is 5.75 Å². The summed E-state index contributed by atoms with van der Waals surface area (Å²) < 4.78 is 59.1. The number of hydrogen-bond donors (Lipinski definition) is 1. The highest BCUT2D eigenvalue weighted by Crippen LogP contribution is 2.16. The molecule has 0 atom stereocenters. The molecular weight excluding hydrogens is 271 g/mol. The van der Waals surface area contributed by atoms with Gasteiger partial charge in [0.15, 0.2) is 5.75 Å². The summed E-state index contributed by atoms with van der Waals surface area (Å²) in [6.45, 7) is 0. The Morgan fingerprint density at radius 1 is 1.17 bits per heavy atom. The van der Waals surface area contributed by atoms with Crippen molar-refractivity contribution in [1.82, 2.24) is 4.72 Å². The lowest BCUT2D eigenvalue weighted by atomic mass is 10.1. The summed E-state index contributed by atoms with van der Waals surface area (Å²) in [5, 5.41) is 0. The molecule has 0 bridgehead atoms. The van der Waals surface area contributed by atoms with E-state index in [-0.39, 0.29) is 6.42 Å². The number of sulfonamides is 1. The van der Waals surface area contributed by atoms with E-state index in [9.17, 15) is 26.4 Å². The molecule has 0 unspecified atom stereocenters. The van der Waals surface area contributed by atoms with Crippen molar-refractivity contribution in [3.8, 4) is 0 Å². The molecule has 1 rings (SSSR count). The molecule has 4 nitrogen and oxygen atoms in total. The Kier molecular flexibility index (Phi) is 4.33. The number of rotatable bonds is 4. The van der Waals surface area contributed by atoms with Gasteiger partial charge in [0.2, 0.25) is 15.9 Å². The van der Waals surface area contributed by atoms with Crippen LogP contribution in [0.15, 0.2) is 30.3 Å². The molecule has 1 aromatic carbocycles. The first-order valence-electron chi connectivity index (χ1n) is 4.82. The van der Waals surface area contributed by atoms with Crippen molar-refractivity contribution in [1.29, 1.82) is 0 Å². The molecular formula is C10H10F3NO3S. The summed E-state index contributed by atoms with van der Waals surface area (Å²) in [5.74, 6) is -3.06. The second-order valence-corrected chi connectivity index (χ2v) is 5.28. The minimum Gasteiger partial charge on any atom is -0.274 e. The molecule has 1 N–H and O–H groups in total. The van der Waals surface area contributed by atoms with Gasteiger partial charge in [0.1, 0.15) is 0 Å². The van der Waals surface area contributed by atoms with Crippen LogP contribution in [0.1, 0.15) is 5.56 Å². The van der Waals surface area contributed by atoms with E-state index in [1.54, 1.807) is 30.3 Å². The van der Waals surface area contributed by atoms with E-state index in [0.717, 1.165) is 0 Å². The molecule has 0 radical (unpaired) electrons. The third-order valence-electron chi connectivity index (χ3n) is 1.83. The first-order chi connectivity index (χ1) is 8.18. The summed E-state index contributed by atoms with van der Waals surface area (Å²) in [5.41, 5.74) is 0.511. The zero-order chi connectivity index (χ0) is 13.8. The second-order valence-electron chi connectivity index (χ2n) is 3.56. The van der Waals surface area contributed by atoms with E-state index in [1.165, 1.54) is 4.72 Å². The van der Waals surface area contributed by atoms with Gasteiger partial charge in [0.25, 0.3) is 0 Å². The SMILES string of the molecule is O=C(Cc1ccccc1)NS(=O)(=O)CC(F)(F)F. The monoisotopic (exact) mass is 281 g/mol. The maximum atomic E-state index is 11.9. The highest BCUT2D eigenvalue weighted by atomic mass is 32.2. The summed E-state index contributed by atoms with van der Waals surface area (Å²) in [6, 6.07) is 8.09. The zero-order valence-corrected chi connectivity index (χ0v) is 9.88. The fourth-order valence-electron chi connectivity index (χ4n) is 1.24. The van der Waals surface area contributed by atoms with Crippen LogP contribution in [-0.2, 0) is 21.2 Å². The minimum atomic E-state index is -4.88. The predicted molar refractivity (Wildman–Crippen MR) is 58.1 cm³/mol. The fraction of sp³-hybridized carbons (Fsp3) is 0.300. The number of hydrogen-bond acceptors (Lipinski definition) is 3. The third-order valence-corrected chi connectivity index (χ3v) is 3.08. The van der Waals surface area contributed by atoms with Crippen molar-refractivity contribution in [3.63, 3.8) is 0 Å². The molecule has 0 aliphatic carbocycles. The number of nitrogens with one attached hydrogen (secondary N) is 1. The number of amides is 1. The number of benzene rings is 1. The molecule has 1 aromatic rings. The van der Waals surface area contributed by atoms with Gasteiger partial charge in [-0.2, -0.15) is 13.2 Å². The first kappa shape index (κ1) is 14.5. The van der Waals surface area contributed by atoms with E-state index in [0.29, 0.717) is 5.56 Å². The Hall–Kier alpha value is -1.57.